The minimum atomic E-state index is -1.44. The molecule has 3 rings (SSSR count). The number of hydrogen-bond donors (Lipinski definition) is 6. The maximum absolute atomic E-state index is 13.0. The van der Waals surface area contributed by atoms with Gasteiger partial charge in [0.2, 0.25) is 0 Å². The second-order valence-electron chi connectivity index (χ2n) is 14.0. The van der Waals surface area contributed by atoms with Gasteiger partial charge in [-0.05, 0) is 87.4 Å². The molecule has 9 nitrogen and oxygen atoms in total. The highest BCUT2D eigenvalue weighted by Gasteiger charge is 2.57. The summed E-state index contributed by atoms with van der Waals surface area (Å²) in [7, 11) is 0. The van der Waals surface area contributed by atoms with Gasteiger partial charge in [0, 0.05) is 12.0 Å². The fourth-order valence-electron chi connectivity index (χ4n) is 9.16. The number of rotatable bonds is 17. The van der Waals surface area contributed by atoms with Crippen molar-refractivity contribution in [2.75, 3.05) is 19.8 Å². The number of aliphatic hydroxyl groups excluding tert-OH is 3. The van der Waals surface area contributed by atoms with Crippen molar-refractivity contribution in [3.8, 4) is 0 Å². The molecule has 0 aromatic heterocycles. The fourth-order valence-corrected chi connectivity index (χ4v) is 9.16. The molecule has 242 valence electrons. The van der Waals surface area contributed by atoms with E-state index in [1.54, 1.807) is 0 Å². The third-order valence-corrected chi connectivity index (χ3v) is 11.8. The maximum atomic E-state index is 13.0. The second kappa shape index (κ2) is 16.4. The number of hydrogen-bond acceptors (Lipinski definition) is 6. The molecule has 0 amide bonds. The van der Waals surface area contributed by atoms with Crippen molar-refractivity contribution in [2.45, 2.75) is 122 Å². The predicted molar refractivity (Wildman–Crippen MR) is 158 cm³/mol. The van der Waals surface area contributed by atoms with Gasteiger partial charge in [-0.2, -0.15) is 0 Å². The lowest BCUT2D eigenvalue weighted by atomic mass is 9.50. The van der Waals surface area contributed by atoms with Crippen molar-refractivity contribution >= 4 is 17.9 Å². The molecule has 0 aromatic rings. The first-order valence-corrected chi connectivity index (χ1v) is 16.6. The van der Waals surface area contributed by atoms with Gasteiger partial charge in [-0.25, -0.2) is 0 Å². The van der Waals surface area contributed by atoms with Crippen molar-refractivity contribution in [1.29, 1.82) is 0 Å². The minimum absolute atomic E-state index is 0.0128. The van der Waals surface area contributed by atoms with E-state index in [1.165, 1.54) is 0 Å². The smallest absolute Gasteiger partial charge is 0.306 e. The van der Waals surface area contributed by atoms with Gasteiger partial charge < -0.3 is 30.6 Å². The number of carboxylic acid groups (broad SMARTS) is 3. The number of carboxylic acids is 3. The van der Waals surface area contributed by atoms with Crippen LogP contribution in [0.1, 0.15) is 122 Å². The van der Waals surface area contributed by atoms with Crippen molar-refractivity contribution in [1.82, 2.24) is 0 Å². The summed E-state index contributed by atoms with van der Waals surface area (Å²) in [6, 6.07) is 0. The molecule has 9 heteroatoms. The molecule has 0 radical (unpaired) electrons. The van der Waals surface area contributed by atoms with Crippen LogP contribution in [-0.2, 0) is 14.4 Å². The lowest BCUT2D eigenvalue weighted by molar-refractivity contribution is -0.164. The maximum Gasteiger partial charge on any atom is 0.306 e. The van der Waals surface area contributed by atoms with Crippen LogP contribution in [0, 0.1) is 46.3 Å². The number of carbonyl (C=O) groups is 3. The highest BCUT2D eigenvalue weighted by atomic mass is 16.4. The van der Waals surface area contributed by atoms with Crippen LogP contribution in [0.25, 0.3) is 0 Å². The number of aliphatic carboxylic acids is 3. The molecule has 6 N–H and O–H groups in total. The van der Waals surface area contributed by atoms with E-state index in [-0.39, 0.29) is 43.4 Å². The molecule has 3 aliphatic rings. The van der Waals surface area contributed by atoms with E-state index in [1.807, 2.05) is 0 Å². The monoisotopic (exact) mass is 596 g/mol. The Labute approximate surface area is 251 Å². The van der Waals surface area contributed by atoms with Gasteiger partial charge in [0.05, 0.1) is 31.0 Å². The van der Waals surface area contributed by atoms with Crippen LogP contribution in [0.2, 0.25) is 0 Å². The average Bonchev–Trinajstić information content (AvgIpc) is 3.00. The van der Waals surface area contributed by atoms with Gasteiger partial charge in [0.1, 0.15) is 0 Å². The standard InChI is InChI=1S/C33H56O9/c34-17-16-32(21-35,22-36)33(18-26(29(37)38)23-10-4-1-5-11-23,19-27(30(39)40)24-12-6-2-7-13-24)20-28(31(41)42)25-14-8-3-9-15-25/h23-28,34-36H,1-22H2,(H,37,38)(H,39,40)(H,41,42). The molecule has 0 bridgehead atoms. The molecule has 3 aliphatic carbocycles. The van der Waals surface area contributed by atoms with Crippen molar-refractivity contribution in [3.63, 3.8) is 0 Å². The molecule has 0 saturated heterocycles. The molecule has 42 heavy (non-hydrogen) atoms. The highest BCUT2D eigenvalue weighted by molar-refractivity contribution is 5.72. The summed E-state index contributed by atoms with van der Waals surface area (Å²) < 4.78 is 0. The van der Waals surface area contributed by atoms with Crippen LogP contribution in [0.3, 0.4) is 0 Å². The van der Waals surface area contributed by atoms with E-state index < -0.39 is 66.3 Å². The van der Waals surface area contributed by atoms with E-state index in [0.717, 1.165) is 96.3 Å². The zero-order chi connectivity index (χ0) is 30.8. The van der Waals surface area contributed by atoms with Crippen LogP contribution in [-0.4, -0.2) is 68.4 Å². The summed E-state index contributed by atoms with van der Waals surface area (Å²) in [5.41, 5.74) is -2.75. The summed E-state index contributed by atoms with van der Waals surface area (Å²) in [4.78, 5) is 38.9. The Bertz CT molecular complexity index is 758. The van der Waals surface area contributed by atoms with E-state index in [2.05, 4.69) is 0 Å². The summed E-state index contributed by atoms with van der Waals surface area (Å²) >= 11 is 0. The summed E-state index contributed by atoms with van der Waals surface area (Å²) in [6.45, 7) is -1.57. The third-order valence-electron chi connectivity index (χ3n) is 11.8. The minimum Gasteiger partial charge on any atom is -0.481 e. The Hall–Kier alpha value is -1.71. The molecule has 3 atom stereocenters. The van der Waals surface area contributed by atoms with Gasteiger partial charge in [-0.3, -0.25) is 14.4 Å². The summed E-state index contributed by atoms with van der Waals surface area (Å²) in [5, 5.41) is 64.1. The van der Waals surface area contributed by atoms with E-state index in [4.69, 9.17) is 0 Å². The normalized spacial score (nSPS) is 23.5. The van der Waals surface area contributed by atoms with Gasteiger partial charge in [-0.15, -0.1) is 0 Å². The molecule has 0 aliphatic heterocycles. The van der Waals surface area contributed by atoms with Crippen LogP contribution >= 0.6 is 0 Å². The fraction of sp³-hybridized carbons (Fsp3) is 0.909. The van der Waals surface area contributed by atoms with Crippen molar-refractivity contribution < 1.29 is 45.0 Å². The zero-order valence-corrected chi connectivity index (χ0v) is 25.4. The average molecular weight is 597 g/mol. The lowest BCUT2D eigenvalue weighted by Crippen LogP contribution is -2.54. The summed E-state index contributed by atoms with van der Waals surface area (Å²) in [5.74, 6) is -5.98. The Morgan fingerprint density at radius 2 is 0.786 bits per heavy atom. The van der Waals surface area contributed by atoms with Crippen LogP contribution in [0.15, 0.2) is 0 Å². The Kier molecular flexibility index (Phi) is 13.6. The molecular formula is C33H56O9. The summed E-state index contributed by atoms with van der Waals surface area (Å²) in [6.07, 6.45) is 12.8. The van der Waals surface area contributed by atoms with Crippen molar-refractivity contribution in [2.24, 2.45) is 46.3 Å². The Balaban J connectivity index is 2.21. The molecule has 0 heterocycles. The quantitative estimate of drug-likeness (QED) is 0.130. The highest BCUT2D eigenvalue weighted by Crippen LogP contribution is 2.58. The Morgan fingerprint density at radius 1 is 0.500 bits per heavy atom. The van der Waals surface area contributed by atoms with Crippen LogP contribution in [0.4, 0.5) is 0 Å². The molecule has 3 fully saturated rings. The second-order valence-corrected chi connectivity index (χ2v) is 14.0. The van der Waals surface area contributed by atoms with E-state index >= 15 is 0 Å². The SMILES string of the molecule is O=C(O)C(CC(CC(C(=O)O)C1CCCCC1)(CC(C(=O)O)C1CCCCC1)C(CO)(CO)CCO)C1CCCCC1. The predicted octanol–water partition coefficient (Wildman–Crippen LogP) is 5.34. The third kappa shape index (κ3) is 8.26. The molecule has 0 spiro atoms. The molecule has 3 saturated carbocycles. The first kappa shape index (κ1) is 34.8. The lowest BCUT2D eigenvalue weighted by Gasteiger charge is -2.54. The molecule has 3 unspecified atom stereocenters. The molecule has 0 aromatic carbocycles. The van der Waals surface area contributed by atoms with Crippen molar-refractivity contribution in [3.05, 3.63) is 0 Å². The first-order valence-electron chi connectivity index (χ1n) is 16.6. The van der Waals surface area contributed by atoms with Gasteiger partial charge in [0.15, 0.2) is 0 Å². The van der Waals surface area contributed by atoms with Gasteiger partial charge >= 0.3 is 17.9 Å². The topological polar surface area (TPSA) is 173 Å². The largest absolute Gasteiger partial charge is 0.481 e. The number of aliphatic hydroxyl groups is 3. The van der Waals surface area contributed by atoms with Crippen LogP contribution < -0.4 is 0 Å². The van der Waals surface area contributed by atoms with Gasteiger partial charge in [0.25, 0.3) is 0 Å². The van der Waals surface area contributed by atoms with E-state index in [0.29, 0.717) is 0 Å². The van der Waals surface area contributed by atoms with Gasteiger partial charge in [-0.1, -0.05) is 57.8 Å². The molecular weight excluding hydrogens is 540 g/mol. The Morgan fingerprint density at radius 3 is 1.00 bits per heavy atom. The first-order chi connectivity index (χ1) is 20.1. The van der Waals surface area contributed by atoms with E-state index in [9.17, 15) is 45.0 Å². The zero-order valence-electron chi connectivity index (χ0n) is 25.4. The van der Waals surface area contributed by atoms with Crippen LogP contribution in [0.5, 0.6) is 0 Å².